The van der Waals surface area contributed by atoms with Gasteiger partial charge in [-0.05, 0) is 61.4 Å². The fraction of sp³-hybridized carbons (Fsp3) is 0.394. The Labute approximate surface area is 231 Å². The Kier molecular flexibility index (Phi) is 11.4. The minimum Gasteiger partial charge on any atom is -0.497 e. The highest BCUT2D eigenvalue weighted by Gasteiger charge is 2.35. The van der Waals surface area contributed by atoms with E-state index in [4.69, 9.17) is 9.47 Å². The summed E-state index contributed by atoms with van der Waals surface area (Å²) in [6, 6.07) is 12.8. The molecule has 39 heavy (non-hydrogen) atoms. The van der Waals surface area contributed by atoms with Crippen molar-refractivity contribution in [1.29, 1.82) is 0 Å². The van der Waals surface area contributed by atoms with E-state index in [0.717, 1.165) is 25.3 Å². The van der Waals surface area contributed by atoms with Gasteiger partial charge in [0, 0.05) is 22.8 Å². The summed E-state index contributed by atoms with van der Waals surface area (Å²) < 4.78 is 10.3. The van der Waals surface area contributed by atoms with Crippen LogP contribution in [0.25, 0.3) is 0 Å². The maximum absolute atomic E-state index is 13.6. The molecule has 0 aliphatic heterocycles. The number of rotatable bonds is 16. The van der Waals surface area contributed by atoms with E-state index in [-0.39, 0.29) is 34.3 Å². The molecule has 0 aromatic heterocycles. The van der Waals surface area contributed by atoms with E-state index < -0.39 is 23.1 Å². The first-order valence-corrected chi connectivity index (χ1v) is 13.8. The van der Waals surface area contributed by atoms with Crippen LogP contribution in [0, 0.1) is 0 Å². The summed E-state index contributed by atoms with van der Waals surface area (Å²) in [5.74, 6) is -1.07. The van der Waals surface area contributed by atoms with Crippen LogP contribution in [0.15, 0.2) is 71.3 Å². The Morgan fingerprint density at radius 2 is 1.10 bits per heavy atom. The predicted octanol–water partition coefficient (Wildman–Crippen LogP) is 7.07. The fourth-order valence-corrected chi connectivity index (χ4v) is 4.75. The van der Waals surface area contributed by atoms with E-state index in [0.29, 0.717) is 17.9 Å². The molecule has 3 rings (SSSR count). The molecule has 2 aromatic rings. The number of ether oxygens (including phenoxy) is 2. The molecular formula is C33H38O6. The van der Waals surface area contributed by atoms with E-state index >= 15 is 0 Å². The zero-order valence-electron chi connectivity index (χ0n) is 23.2. The lowest BCUT2D eigenvalue weighted by Crippen LogP contribution is -2.27. The molecule has 6 nitrogen and oxygen atoms in total. The SMILES string of the molecule is CCCCCCCCCCCC1=C(C(=O)c2ccc(OC)cc2)C(=O)C=C(C(=O)c2ccc(OC)cc2)C1=O. The molecule has 206 valence electrons. The van der Waals surface area contributed by atoms with Crippen molar-refractivity contribution in [1.82, 2.24) is 0 Å². The standard InChI is InChI=1S/C33H38O6/c1-4-5-6-7-8-9-10-11-12-13-27-30(32(36)24-16-20-26(39-3)21-17-24)29(34)22-28(33(27)37)31(35)23-14-18-25(38-2)19-15-23/h14-22H,4-13H2,1-3H3. The van der Waals surface area contributed by atoms with Gasteiger partial charge in [0.15, 0.2) is 23.1 Å². The molecule has 0 fully saturated rings. The Balaban J connectivity index is 1.81. The monoisotopic (exact) mass is 530 g/mol. The van der Waals surface area contributed by atoms with Crippen molar-refractivity contribution in [3.05, 3.63) is 82.5 Å². The molecule has 0 bridgehead atoms. The van der Waals surface area contributed by atoms with E-state index in [9.17, 15) is 19.2 Å². The highest BCUT2D eigenvalue weighted by Crippen LogP contribution is 2.29. The normalized spacial score (nSPS) is 13.4. The molecule has 0 radical (unpaired) electrons. The second-order valence-electron chi connectivity index (χ2n) is 9.80. The number of methoxy groups -OCH3 is 2. The summed E-state index contributed by atoms with van der Waals surface area (Å²) in [4.78, 5) is 53.6. The maximum Gasteiger partial charge on any atom is 0.197 e. The van der Waals surface area contributed by atoms with Crippen molar-refractivity contribution in [2.24, 2.45) is 0 Å². The van der Waals surface area contributed by atoms with Crippen LogP contribution in [0.3, 0.4) is 0 Å². The van der Waals surface area contributed by atoms with E-state index in [2.05, 4.69) is 6.92 Å². The number of hydrogen-bond acceptors (Lipinski definition) is 6. The van der Waals surface area contributed by atoms with Crippen LogP contribution in [0.4, 0.5) is 0 Å². The van der Waals surface area contributed by atoms with Crippen LogP contribution in [-0.4, -0.2) is 37.4 Å². The van der Waals surface area contributed by atoms with Crippen LogP contribution in [0.2, 0.25) is 0 Å². The number of allylic oxidation sites excluding steroid dienone is 4. The van der Waals surface area contributed by atoms with E-state index in [1.165, 1.54) is 46.3 Å². The molecule has 0 saturated heterocycles. The average Bonchev–Trinajstić information content (AvgIpc) is 2.97. The first-order chi connectivity index (χ1) is 18.9. The topological polar surface area (TPSA) is 86.7 Å². The molecule has 1 aliphatic rings. The van der Waals surface area contributed by atoms with Gasteiger partial charge in [0.1, 0.15) is 11.5 Å². The minimum atomic E-state index is -0.613. The van der Waals surface area contributed by atoms with Gasteiger partial charge in [-0.3, -0.25) is 19.2 Å². The largest absolute Gasteiger partial charge is 0.497 e. The summed E-state index contributed by atoms with van der Waals surface area (Å²) in [7, 11) is 3.05. The van der Waals surface area contributed by atoms with Crippen molar-refractivity contribution in [2.45, 2.75) is 71.1 Å². The summed E-state index contributed by atoms with van der Waals surface area (Å²) >= 11 is 0. The van der Waals surface area contributed by atoms with Gasteiger partial charge in [0.25, 0.3) is 0 Å². The molecule has 0 atom stereocenters. The predicted molar refractivity (Wildman–Crippen MR) is 152 cm³/mol. The van der Waals surface area contributed by atoms with E-state index in [1.807, 2.05) is 0 Å². The molecule has 2 aromatic carbocycles. The summed E-state index contributed by atoms with van der Waals surface area (Å²) in [6.07, 6.45) is 11.1. The van der Waals surface area contributed by atoms with Crippen molar-refractivity contribution in [3.63, 3.8) is 0 Å². The lowest BCUT2D eigenvalue weighted by molar-refractivity contribution is -0.115. The lowest BCUT2D eigenvalue weighted by Gasteiger charge is -2.18. The molecule has 1 aliphatic carbocycles. The van der Waals surface area contributed by atoms with Gasteiger partial charge < -0.3 is 9.47 Å². The molecule has 0 saturated carbocycles. The Morgan fingerprint density at radius 3 is 1.59 bits per heavy atom. The average molecular weight is 531 g/mol. The highest BCUT2D eigenvalue weighted by molar-refractivity contribution is 6.43. The zero-order chi connectivity index (χ0) is 28.2. The zero-order valence-corrected chi connectivity index (χ0v) is 23.2. The molecular weight excluding hydrogens is 492 g/mol. The van der Waals surface area contributed by atoms with E-state index in [1.54, 1.807) is 48.5 Å². The van der Waals surface area contributed by atoms with Gasteiger partial charge in [-0.25, -0.2) is 0 Å². The fourth-order valence-electron chi connectivity index (χ4n) is 4.75. The Bertz CT molecular complexity index is 1230. The summed E-state index contributed by atoms with van der Waals surface area (Å²) in [6.45, 7) is 2.20. The van der Waals surface area contributed by atoms with Gasteiger partial charge in [-0.2, -0.15) is 0 Å². The molecule has 0 heterocycles. The summed E-state index contributed by atoms with van der Waals surface area (Å²) in [5, 5.41) is 0. The quantitative estimate of drug-likeness (QED) is 0.0999. The third-order valence-electron chi connectivity index (χ3n) is 7.05. The third kappa shape index (κ3) is 7.85. The third-order valence-corrected chi connectivity index (χ3v) is 7.05. The molecule has 0 spiro atoms. The van der Waals surface area contributed by atoms with Crippen LogP contribution in [0.1, 0.15) is 91.8 Å². The van der Waals surface area contributed by atoms with Gasteiger partial charge >= 0.3 is 0 Å². The van der Waals surface area contributed by atoms with Crippen LogP contribution in [0.5, 0.6) is 11.5 Å². The van der Waals surface area contributed by atoms with Crippen molar-refractivity contribution in [3.8, 4) is 11.5 Å². The van der Waals surface area contributed by atoms with Gasteiger partial charge in [0.05, 0.1) is 25.4 Å². The number of unbranched alkanes of at least 4 members (excludes halogenated alkanes) is 8. The molecule has 0 unspecified atom stereocenters. The molecule has 0 N–H and O–H groups in total. The first kappa shape index (κ1) is 29.8. The number of Topliss-reactive ketones (excluding diaryl/α,β-unsaturated/α-hetero) is 3. The smallest absolute Gasteiger partial charge is 0.197 e. The minimum absolute atomic E-state index is 0.128. The number of benzene rings is 2. The van der Waals surface area contributed by atoms with Crippen LogP contribution >= 0.6 is 0 Å². The van der Waals surface area contributed by atoms with Crippen molar-refractivity contribution in [2.75, 3.05) is 14.2 Å². The summed E-state index contributed by atoms with van der Waals surface area (Å²) in [5.41, 5.74) is 0.340. The van der Waals surface area contributed by atoms with Crippen molar-refractivity contribution < 1.29 is 28.7 Å². The maximum atomic E-state index is 13.6. The molecule has 0 amide bonds. The second-order valence-corrected chi connectivity index (χ2v) is 9.80. The number of ketones is 4. The van der Waals surface area contributed by atoms with Gasteiger partial charge in [0.2, 0.25) is 0 Å². The molecule has 6 heteroatoms. The number of carbonyl (C=O) groups is 4. The Hall–Kier alpha value is -3.80. The van der Waals surface area contributed by atoms with Crippen molar-refractivity contribution >= 4 is 23.1 Å². The first-order valence-electron chi connectivity index (χ1n) is 13.8. The van der Waals surface area contributed by atoms with Crippen LogP contribution < -0.4 is 9.47 Å². The Morgan fingerprint density at radius 1 is 0.641 bits per heavy atom. The van der Waals surface area contributed by atoms with Gasteiger partial charge in [-0.15, -0.1) is 0 Å². The second kappa shape index (κ2) is 15.0. The highest BCUT2D eigenvalue weighted by atomic mass is 16.5. The number of carbonyl (C=O) groups excluding carboxylic acids is 4. The van der Waals surface area contributed by atoms with Crippen LogP contribution in [-0.2, 0) is 9.59 Å². The van der Waals surface area contributed by atoms with Gasteiger partial charge in [-0.1, -0.05) is 58.3 Å². The number of hydrogen-bond donors (Lipinski definition) is 0. The lowest BCUT2D eigenvalue weighted by atomic mass is 9.81.